The number of rotatable bonds is 8. The maximum Gasteiger partial charge on any atom is 0.191 e. The number of hydrogen-bond donors (Lipinski definition) is 2. The highest BCUT2D eigenvalue weighted by molar-refractivity contribution is 14.0. The van der Waals surface area contributed by atoms with Gasteiger partial charge in [-0.2, -0.15) is 5.10 Å². The highest BCUT2D eigenvalue weighted by atomic mass is 127. The Kier molecular flexibility index (Phi) is 9.66. The average molecular weight is 505 g/mol. The Morgan fingerprint density at radius 1 is 1.03 bits per heavy atom. The van der Waals surface area contributed by atoms with Crippen molar-refractivity contribution in [2.75, 3.05) is 20.7 Å². The van der Waals surface area contributed by atoms with E-state index < -0.39 is 0 Å². The van der Waals surface area contributed by atoms with E-state index in [0.717, 1.165) is 24.6 Å². The third-order valence-electron chi connectivity index (χ3n) is 4.50. The molecule has 0 aliphatic carbocycles. The molecule has 0 aliphatic heterocycles. The largest absolute Gasteiger partial charge is 0.380 e. The molecule has 0 saturated heterocycles. The summed E-state index contributed by atoms with van der Waals surface area (Å²) in [6.45, 7) is 2.12. The van der Waals surface area contributed by atoms with Crippen LogP contribution >= 0.6 is 24.0 Å². The lowest BCUT2D eigenvalue weighted by Crippen LogP contribution is -2.38. The number of benzene rings is 2. The summed E-state index contributed by atoms with van der Waals surface area (Å²) >= 11 is 0. The molecule has 0 spiro atoms. The predicted molar refractivity (Wildman–Crippen MR) is 128 cm³/mol. The summed E-state index contributed by atoms with van der Waals surface area (Å²) in [6, 6.07) is 18.6. The van der Waals surface area contributed by atoms with Crippen LogP contribution in [0, 0.1) is 0 Å². The Balaban J connectivity index is 0.00000300. The van der Waals surface area contributed by atoms with Crippen LogP contribution in [0.5, 0.6) is 0 Å². The number of methoxy groups -OCH3 is 1. The molecule has 0 bridgehead atoms. The molecule has 0 fully saturated rings. The first kappa shape index (κ1) is 22.9. The highest BCUT2D eigenvalue weighted by Crippen LogP contribution is 2.10. The Morgan fingerprint density at radius 2 is 1.79 bits per heavy atom. The standard InChI is InChI=1S/C22H27N5O.HI/c1-23-22(25-16-19-6-3-4-7-20(19)17-28-2)24-14-12-18-8-10-21(11-9-18)27-15-5-13-26-27;/h3-11,13,15H,12,14,16-17H2,1-2H3,(H2,23,24,25);1H. The van der Waals surface area contributed by atoms with Gasteiger partial charge in [-0.05, 0) is 41.3 Å². The van der Waals surface area contributed by atoms with Crippen molar-refractivity contribution < 1.29 is 4.74 Å². The first-order valence-electron chi connectivity index (χ1n) is 9.39. The lowest BCUT2D eigenvalue weighted by atomic mass is 10.1. The Bertz CT molecular complexity index is 878. The summed E-state index contributed by atoms with van der Waals surface area (Å²) in [6.07, 6.45) is 4.64. The van der Waals surface area contributed by atoms with Gasteiger partial charge in [0.05, 0.1) is 12.3 Å². The molecule has 7 heteroatoms. The predicted octanol–water partition coefficient (Wildman–Crippen LogP) is 3.54. The molecule has 0 saturated carbocycles. The lowest BCUT2D eigenvalue weighted by Gasteiger charge is -2.14. The maximum atomic E-state index is 5.27. The van der Waals surface area contributed by atoms with E-state index in [2.05, 4.69) is 57.1 Å². The molecule has 3 aromatic rings. The zero-order valence-electron chi connectivity index (χ0n) is 16.8. The number of aromatic nitrogens is 2. The van der Waals surface area contributed by atoms with E-state index in [1.807, 2.05) is 29.1 Å². The molecule has 29 heavy (non-hydrogen) atoms. The zero-order valence-corrected chi connectivity index (χ0v) is 19.2. The first-order chi connectivity index (χ1) is 13.8. The Hall–Kier alpha value is -2.39. The van der Waals surface area contributed by atoms with E-state index >= 15 is 0 Å². The van der Waals surface area contributed by atoms with E-state index in [9.17, 15) is 0 Å². The van der Waals surface area contributed by atoms with Gasteiger partial charge in [0, 0.05) is 39.6 Å². The van der Waals surface area contributed by atoms with Gasteiger partial charge < -0.3 is 15.4 Å². The van der Waals surface area contributed by atoms with Crippen LogP contribution in [-0.2, 0) is 24.3 Å². The summed E-state index contributed by atoms with van der Waals surface area (Å²) in [7, 11) is 3.50. The van der Waals surface area contributed by atoms with Crippen LogP contribution in [-0.4, -0.2) is 36.4 Å². The maximum absolute atomic E-state index is 5.27. The van der Waals surface area contributed by atoms with Crippen molar-refractivity contribution >= 4 is 29.9 Å². The SMILES string of the molecule is CN=C(NCCc1ccc(-n2cccn2)cc1)NCc1ccccc1COC.I. The second-order valence-corrected chi connectivity index (χ2v) is 6.42. The van der Waals surface area contributed by atoms with Gasteiger partial charge in [-0.3, -0.25) is 4.99 Å². The number of hydrogen-bond acceptors (Lipinski definition) is 3. The van der Waals surface area contributed by atoms with Gasteiger partial charge in [0.1, 0.15) is 0 Å². The number of guanidine groups is 1. The van der Waals surface area contributed by atoms with E-state index in [0.29, 0.717) is 13.2 Å². The van der Waals surface area contributed by atoms with Crippen molar-refractivity contribution in [1.29, 1.82) is 0 Å². The minimum atomic E-state index is 0. The van der Waals surface area contributed by atoms with Gasteiger partial charge in [-0.15, -0.1) is 24.0 Å². The van der Waals surface area contributed by atoms with Crippen LogP contribution in [0.4, 0.5) is 0 Å². The fraction of sp³-hybridized carbons (Fsp3) is 0.273. The molecule has 1 heterocycles. The fourth-order valence-electron chi connectivity index (χ4n) is 2.99. The molecular weight excluding hydrogens is 477 g/mol. The van der Waals surface area contributed by atoms with Crippen LogP contribution in [0.2, 0.25) is 0 Å². The molecule has 1 aromatic heterocycles. The van der Waals surface area contributed by atoms with Crippen LogP contribution in [0.3, 0.4) is 0 Å². The molecule has 3 rings (SSSR count). The van der Waals surface area contributed by atoms with Crippen molar-refractivity contribution in [2.24, 2.45) is 4.99 Å². The lowest BCUT2D eigenvalue weighted by molar-refractivity contribution is 0.184. The van der Waals surface area contributed by atoms with E-state index in [4.69, 9.17) is 4.74 Å². The van der Waals surface area contributed by atoms with Crippen LogP contribution in [0.1, 0.15) is 16.7 Å². The summed E-state index contributed by atoms with van der Waals surface area (Å²) in [5.74, 6) is 0.792. The monoisotopic (exact) mass is 505 g/mol. The number of ether oxygens (including phenoxy) is 1. The van der Waals surface area contributed by atoms with Crippen molar-refractivity contribution in [3.8, 4) is 5.69 Å². The number of nitrogens with zero attached hydrogens (tertiary/aromatic N) is 3. The van der Waals surface area contributed by atoms with E-state index in [1.54, 1.807) is 20.4 Å². The molecule has 2 aromatic carbocycles. The quantitative estimate of drug-likeness (QED) is 0.279. The molecule has 154 valence electrons. The minimum Gasteiger partial charge on any atom is -0.380 e. The third kappa shape index (κ3) is 6.86. The fourth-order valence-corrected chi connectivity index (χ4v) is 2.99. The normalized spacial score (nSPS) is 11.0. The summed E-state index contributed by atoms with van der Waals surface area (Å²) in [5, 5.41) is 11.0. The highest BCUT2D eigenvalue weighted by Gasteiger charge is 2.04. The number of nitrogens with one attached hydrogen (secondary N) is 2. The second kappa shape index (κ2) is 12.2. The number of aliphatic imine (C=N–C) groups is 1. The van der Waals surface area contributed by atoms with Gasteiger partial charge in [-0.25, -0.2) is 4.68 Å². The topological polar surface area (TPSA) is 63.5 Å². The summed E-state index contributed by atoms with van der Waals surface area (Å²) in [5.41, 5.74) is 4.73. The van der Waals surface area contributed by atoms with Gasteiger partial charge in [0.25, 0.3) is 0 Å². The molecule has 0 radical (unpaired) electrons. The third-order valence-corrected chi connectivity index (χ3v) is 4.50. The molecule has 0 aliphatic rings. The molecule has 0 amide bonds. The Labute approximate surface area is 189 Å². The smallest absolute Gasteiger partial charge is 0.191 e. The van der Waals surface area contributed by atoms with Gasteiger partial charge >= 0.3 is 0 Å². The van der Waals surface area contributed by atoms with Crippen LogP contribution in [0.25, 0.3) is 5.69 Å². The van der Waals surface area contributed by atoms with Gasteiger partial charge in [-0.1, -0.05) is 36.4 Å². The first-order valence-corrected chi connectivity index (χ1v) is 9.39. The van der Waals surface area contributed by atoms with Crippen molar-refractivity contribution in [2.45, 2.75) is 19.6 Å². The molecule has 0 atom stereocenters. The molecule has 2 N–H and O–H groups in total. The minimum absolute atomic E-state index is 0. The van der Waals surface area contributed by atoms with Crippen molar-refractivity contribution in [3.05, 3.63) is 83.7 Å². The van der Waals surface area contributed by atoms with Crippen LogP contribution < -0.4 is 10.6 Å². The Morgan fingerprint density at radius 3 is 2.45 bits per heavy atom. The summed E-state index contributed by atoms with van der Waals surface area (Å²) in [4.78, 5) is 4.31. The molecule has 0 unspecified atom stereocenters. The number of halogens is 1. The average Bonchev–Trinajstić information content (AvgIpc) is 3.27. The van der Waals surface area contributed by atoms with Gasteiger partial charge in [0.2, 0.25) is 0 Å². The second-order valence-electron chi connectivity index (χ2n) is 6.42. The molecule has 6 nitrogen and oxygen atoms in total. The summed E-state index contributed by atoms with van der Waals surface area (Å²) < 4.78 is 7.12. The van der Waals surface area contributed by atoms with Crippen molar-refractivity contribution in [3.63, 3.8) is 0 Å². The van der Waals surface area contributed by atoms with Crippen molar-refractivity contribution in [1.82, 2.24) is 20.4 Å². The van der Waals surface area contributed by atoms with E-state index in [1.165, 1.54) is 16.7 Å². The van der Waals surface area contributed by atoms with Crippen LogP contribution in [0.15, 0.2) is 72.0 Å². The van der Waals surface area contributed by atoms with E-state index in [-0.39, 0.29) is 24.0 Å². The zero-order chi connectivity index (χ0) is 19.6. The molecular formula is C22H28IN5O. The van der Waals surface area contributed by atoms with Gasteiger partial charge in [0.15, 0.2) is 5.96 Å².